The maximum atomic E-state index is 13.7. The predicted octanol–water partition coefficient (Wildman–Crippen LogP) is 5.81. The molecule has 1 amide bonds. The number of nitrogens with one attached hydrogen (secondary N) is 3. The first-order valence-corrected chi connectivity index (χ1v) is 12.3. The lowest BCUT2D eigenvalue weighted by Crippen LogP contribution is -2.27. The van der Waals surface area contributed by atoms with Gasteiger partial charge in [-0.3, -0.25) is 14.9 Å². The van der Waals surface area contributed by atoms with Crippen LogP contribution in [0.5, 0.6) is 0 Å². The SMILES string of the molecule is CC(C)(C)C(=O)Nc1cncc(-c2cnc3[nH]nc(-c4nc5c(-c6ccc(F)s6)ccnc5[nH]4)c3c2)c1. The van der Waals surface area contributed by atoms with Gasteiger partial charge in [0.25, 0.3) is 0 Å². The van der Waals surface area contributed by atoms with E-state index in [1.165, 1.54) is 6.07 Å². The molecule has 0 aliphatic heterocycles. The van der Waals surface area contributed by atoms with E-state index in [4.69, 9.17) is 4.98 Å². The highest BCUT2D eigenvalue weighted by Gasteiger charge is 2.22. The summed E-state index contributed by atoms with van der Waals surface area (Å²) in [4.78, 5) is 34.4. The molecule has 0 unspecified atom stereocenters. The quantitative estimate of drug-likeness (QED) is 0.274. The molecule has 0 radical (unpaired) electrons. The van der Waals surface area contributed by atoms with Crippen molar-refractivity contribution in [3.8, 4) is 33.1 Å². The molecule has 184 valence electrons. The number of halogens is 1. The lowest BCUT2D eigenvalue weighted by Gasteiger charge is -2.17. The average molecular weight is 513 g/mol. The van der Waals surface area contributed by atoms with Crippen molar-refractivity contribution in [1.82, 2.24) is 35.1 Å². The second-order valence-corrected chi connectivity index (χ2v) is 10.6. The van der Waals surface area contributed by atoms with Crippen LogP contribution in [-0.2, 0) is 4.79 Å². The van der Waals surface area contributed by atoms with Crippen molar-refractivity contribution in [2.75, 3.05) is 5.32 Å². The third-order valence-corrected chi connectivity index (χ3v) is 6.78. The highest BCUT2D eigenvalue weighted by Crippen LogP contribution is 2.34. The number of hydrogen-bond acceptors (Lipinski definition) is 7. The molecule has 6 aromatic rings. The topological polar surface area (TPSA) is 125 Å². The van der Waals surface area contributed by atoms with Crippen LogP contribution in [0, 0.1) is 10.5 Å². The second-order valence-electron chi connectivity index (χ2n) is 9.60. The van der Waals surface area contributed by atoms with Crippen molar-refractivity contribution >= 4 is 45.1 Å². The highest BCUT2D eigenvalue weighted by atomic mass is 32.1. The maximum Gasteiger partial charge on any atom is 0.229 e. The van der Waals surface area contributed by atoms with Gasteiger partial charge in [0.05, 0.1) is 17.3 Å². The van der Waals surface area contributed by atoms with Gasteiger partial charge < -0.3 is 10.3 Å². The molecule has 0 fully saturated rings. The number of carbonyl (C=O) groups excluding carboxylic acids is 1. The van der Waals surface area contributed by atoms with Crippen LogP contribution in [0.1, 0.15) is 20.8 Å². The van der Waals surface area contributed by atoms with Crippen LogP contribution in [0.4, 0.5) is 10.1 Å². The van der Waals surface area contributed by atoms with E-state index in [9.17, 15) is 9.18 Å². The van der Waals surface area contributed by atoms with Crippen LogP contribution in [0.15, 0.2) is 55.1 Å². The number of thiophene rings is 1. The Hall–Kier alpha value is -4.51. The van der Waals surface area contributed by atoms with Crippen molar-refractivity contribution in [3.63, 3.8) is 0 Å². The summed E-state index contributed by atoms with van der Waals surface area (Å²) in [5.41, 5.74) is 4.85. The Kier molecular flexibility index (Phi) is 5.30. The molecule has 0 saturated carbocycles. The van der Waals surface area contributed by atoms with E-state index in [2.05, 4.69) is 35.5 Å². The zero-order valence-corrected chi connectivity index (χ0v) is 20.9. The third kappa shape index (κ3) is 4.23. The van der Waals surface area contributed by atoms with Crippen LogP contribution in [0.2, 0.25) is 0 Å². The fourth-order valence-corrected chi connectivity index (χ4v) is 4.66. The van der Waals surface area contributed by atoms with Crippen LogP contribution in [0.25, 0.3) is 55.3 Å². The normalized spacial score (nSPS) is 11.9. The molecule has 0 atom stereocenters. The largest absolute Gasteiger partial charge is 0.324 e. The molecule has 3 N–H and O–H groups in total. The fourth-order valence-electron chi connectivity index (χ4n) is 3.91. The van der Waals surface area contributed by atoms with Gasteiger partial charge in [0.1, 0.15) is 11.2 Å². The average Bonchev–Trinajstić information content (AvgIpc) is 3.60. The highest BCUT2D eigenvalue weighted by molar-refractivity contribution is 7.14. The Bertz CT molecular complexity index is 1800. The van der Waals surface area contributed by atoms with E-state index in [-0.39, 0.29) is 11.0 Å². The summed E-state index contributed by atoms with van der Waals surface area (Å²) >= 11 is 1.06. The van der Waals surface area contributed by atoms with Gasteiger partial charge in [0.15, 0.2) is 22.2 Å². The van der Waals surface area contributed by atoms with Gasteiger partial charge in [0.2, 0.25) is 5.91 Å². The van der Waals surface area contributed by atoms with Gasteiger partial charge in [-0.1, -0.05) is 20.8 Å². The first-order chi connectivity index (χ1) is 17.8. The molecule has 37 heavy (non-hydrogen) atoms. The lowest BCUT2D eigenvalue weighted by molar-refractivity contribution is -0.123. The smallest absolute Gasteiger partial charge is 0.229 e. The summed E-state index contributed by atoms with van der Waals surface area (Å²) in [6, 6.07) is 8.79. The van der Waals surface area contributed by atoms with Crippen molar-refractivity contribution in [3.05, 3.63) is 60.3 Å². The van der Waals surface area contributed by atoms with Crippen molar-refractivity contribution < 1.29 is 9.18 Å². The van der Waals surface area contributed by atoms with Crippen molar-refractivity contribution in [2.24, 2.45) is 5.41 Å². The van der Waals surface area contributed by atoms with Crippen LogP contribution >= 0.6 is 11.3 Å². The number of hydrogen-bond donors (Lipinski definition) is 3. The number of carbonyl (C=O) groups is 1. The molecule has 9 nitrogen and oxygen atoms in total. The van der Waals surface area contributed by atoms with E-state index in [0.29, 0.717) is 34.0 Å². The van der Waals surface area contributed by atoms with E-state index < -0.39 is 5.41 Å². The first kappa shape index (κ1) is 22.9. The Morgan fingerprint density at radius 2 is 1.86 bits per heavy atom. The minimum atomic E-state index is -0.527. The van der Waals surface area contributed by atoms with E-state index in [1.807, 2.05) is 39.0 Å². The summed E-state index contributed by atoms with van der Waals surface area (Å²) in [5, 5.41) is 10.8. The number of pyridine rings is 3. The van der Waals surface area contributed by atoms with Gasteiger partial charge >= 0.3 is 0 Å². The molecule has 0 spiro atoms. The molecule has 6 rings (SSSR count). The summed E-state index contributed by atoms with van der Waals surface area (Å²) in [6.07, 6.45) is 6.71. The molecule has 6 heterocycles. The number of fused-ring (bicyclic) bond motifs is 2. The standard InChI is InChI=1S/C26H21FN8OS/c1-26(2,3)25(36)31-15-8-13(10-28-12-15)14-9-17-21(34-35-22(17)30-11-14)24-32-20-16(6-7-29-23(20)33-24)18-4-5-19(27)37-18/h4-12H,1-3H3,(H,31,36)(H,29,32,33)(H,30,34,35). The van der Waals surface area contributed by atoms with Crippen molar-refractivity contribution in [1.29, 1.82) is 0 Å². The monoisotopic (exact) mass is 512 g/mol. The van der Waals surface area contributed by atoms with Gasteiger partial charge in [-0.15, -0.1) is 11.3 Å². The molecule has 11 heteroatoms. The van der Waals surface area contributed by atoms with E-state index in [1.54, 1.807) is 30.9 Å². The molecule has 0 aromatic carbocycles. The minimum absolute atomic E-state index is 0.0969. The number of anilines is 1. The summed E-state index contributed by atoms with van der Waals surface area (Å²) < 4.78 is 13.7. The number of nitrogens with zero attached hydrogens (tertiary/aromatic N) is 5. The molecule has 0 bridgehead atoms. The maximum absolute atomic E-state index is 13.7. The van der Waals surface area contributed by atoms with E-state index >= 15 is 0 Å². The molecule has 0 aliphatic rings. The van der Waals surface area contributed by atoms with E-state index in [0.717, 1.165) is 38.3 Å². The second kappa shape index (κ2) is 8.56. The molecule has 0 aliphatic carbocycles. The Labute approximate surface area is 214 Å². The number of aromatic amines is 2. The van der Waals surface area contributed by atoms with Gasteiger partial charge in [-0.25, -0.2) is 15.0 Å². The lowest BCUT2D eigenvalue weighted by atomic mass is 9.95. The minimum Gasteiger partial charge on any atom is -0.324 e. The van der Waals surface area contributed by atoms with Gasteiger partial charge in [0, 0.05) is 45.6 Å². The van der Waals surface area contributed by atoms with Crippen molar-refractivity contribution in [2.45, 2.75) is 20.8 Å². The number of H-pyrrole nitrogens is 2. The predicted molar refractivity (Wildman–Crippen MR) is 141 cm³/mol. The van der Waals surface area contributed by atoms with Crippen LogP contribution < -0.4 is 5.32 Å². The molecular formula is C26H21FN8OS. The van der Waals surface area contributed by atoms with Gasteiger partial charge in [-0.2, -0.15) is 9.49 Å². The summed E-state index contributed by atoms with van der Waals surface area (Å²) in [6.45, 7) is 5.56. The summed E-state index contributed by atoms with van der Waals surface area (Å²) in [7, 11) is 0. The number of rotatable bonds is 4. The Morgan fingerprint density at radius 3 is 2.65 bits per heavy atom. The van der Waals surface area contributed by atoms with Crippen LogP contribution in [0.3, 0.4) is 0 Å². The van der Waals surface area contributed by atoms with Gasteiger partial charge in [-0.05, 0) is 30.3 Å². The molecular weight excluding hydrogens is 491 g/mol. The first-order valence-electron chi connectivity index (χ1n) is 11.5. The zero-order chi connectivity index (χ0) is 25.7. The Balaban J connectivity index is 1.40. The van der Waals surface area contributed by atoms with Crippen LogP contribution in [-0.4, -0.2) is 41.0 Å². The third-order valence-electron chi connectivity index (χ3n) is 5.87. The number of imidazole rings is 1. The summed E-state index contributed by atoms with van der Waals surface area (Å²) in [5.74, 6) is 0.418. The number of amides is 1. The molecule has 0 saturated heterocycles. The number of aromatic nitrogens is 7. The fraction of sp³-hybridized carbons (Fsp3) is 0.154. The Morgan fingerprint density at radius 1 is 1.03 bits per heavy atom. The zero-order valence-electron chi connectivity index (χ0n) is 20.1. The molecule has 6 aromatic heterocycles.